The minimum Gasteiger partial charge on any atom is -0.367 e. The number of anilines is 1. The number of benzene rings is 1. The molecule has 96 valence electrons. The van der Waals surface area contributed by atoms with Crippen LogP contribution >= 0.6 is 0 Å². The molecule has 1 atom stereocenters. The fourth-order valence-corrected chi connectivity index (χ4v) is 2.91. The van der Waals surface area contributed by atoms with Crippen molar-refractivity contribution in [3.8, 4) is 0 Å². The van der Waals surface area contributed by atoms with E-state index < -0.39 is 0 Å². The normalized spacial score (nSPS) is 19.9. The first kappa shape index (κ1) is 11.5. The molecule has 0 aliphatic carbocycles. The molecule has 4 nitrogen and oxygen atoms in total. The van der Waals surface area contributed by atoms with Gasteiger partial charge in [0.25, 0.3) is 0 Å². The molecule has 0 amide bonds. The van der Waals surface area contributed by atoms with Gasteiger partial charge in [0.2, 0.25) is 0 Å². The Bertz CT molecular complexity index is 549. The number of aryl methyl sites for hydroxylation is 1. The van der Waals surface area contributed by atoms with Gasteiger partial charge < -0.3 is 15.2 Å². The summed E-state index contributed by atoms with van der Waals surface area (Å²) >= 11 is 0. The Labute approximate surface area is 107 Å². The first-order valence-corrected chi connectivity index (χ1v) is 6.69. The van der Waals surface area contributed by atoms with Gasteiger partial charge in [-0.25, -0.2) is 0 Å². The van der Waals surface area contributed by atoms with Crippen LogP contribution in [0.4, 0.5) is 5.69 Å². The van der Waals surface area contributed by atoms with Crippen molar-refractivity contribution in [3.63, 3.8) is 0 Å². The Morgan fingerprint density at radius 3 is 3.17 bits per heavy atom. The molecule has 0 spiro atoms. The first-order chi connectivity index (χ1) is 8.85. The lowest BCUT2D eigenvalue weighted by atomic mass is 10.1. The van der Waals surface area contributed by atoms with Gasteiger partial charge in [-0.05, 0) is 31.4 Å². The van der Waals surface area contributed by atoms with E-state index in [0.717, 1.165) is 24.2 Å². The Hall–Kier alpha value is -1.55. The molecule has 1 aliphatic heterocycles. The highest BCUT2D eigenvalue weighted by atomic mass is 16.5. The monoisotopic (exact) mass is 245 g/mol. The molecule has 2 heterocycles. The van der Waals surface area contributed by atoms with E-state index >= 15 is 0 Å². The lowest BCUT2D eigenvalue weighted by molar-refractivity contribution is 0.447. The molecular weight excluding hydrogens is 226 g/mol. The second kappa shape index (κ2) is 4.61. The maximum atomic E-state index is 5.87. The van der Waals surface area contributed by atoms with Gasteiger partial charge in [-0.3, -0.25) is 0 Å². The van der Waals surface area contributed by atoms with Crippen LogP contribution in [0.25, 0.3) is 11.0 Å². The number of fused-ring (bicyclic) bond motifs is 1. The van der Waals surface area contributed by atoms with Crippen molar-refractivity contribution in [2.75, 3.05) is 18.0 Å². The van der Waals surface area contributed by atoms with Crippen LogP contribution in [0.3, 0.4) is 0 Å². The summed E-state index contributed by atoms with van der Waals surface area (Å²) in [7, 11) is 0. The van der Waals surface area contributed by atoms with Crippen molar-refractivity contribution >= 4 is 16.7 Å². The van der Waals surface area contributed by atoms with Crippen molar-refractivity contribution in [2.45, 2.75) is 32.2 Å². The summed E-state index contributed by atoms with van der Waals surface area (Å²) in [6.45, 7) is 3.90. The molecular formula is C14H19N3O. The van der Waals surface area contributed by atoms with E-state index in [1.165, 1.54) is 23.9 Å². The van der Waals surface area contributed by atoms with Crippen LogP contribution < -0.4 is 10.6 Å². The third-order valence-electron chi connectivity index (χ3n) is 3.84. The van der Waals surface area contributed by atoms with Gasteiger partial charge in [0, 0.05) is 19.1 Å². The molecule has 4 heteroatoms. The van der Waals surface area contributed by atoms with Crippen molar-refractivity contribution in [1.82, 2.24) is 5.16 Å². The molecule has 1 unspecified atom stereocenters. The second-order valence-electron chi connectivity index (χ2n) is 4.86. The van der Waals surface area contributed by atoms with Crippen molar-refractivity contribution in [2.24, 2.45) is 5.73 Å². The van der Waals surface area contributed by atoms with Gasteiger partial charge >= 0.3 is 0 Å². The van der Waals surface area contributed by atoms with E-state index in [1.807, 2.05) is 12.1 Å². The third-order valence-corrected chi connectivity index (χ3v) is 3.84. The third kappa shape index (κ3) is 1.68. The zero-order chi connectivity index (χ0) is 12.5. The molecule has 0 radical (unpaired) electrons. The molecule has 1 aromatic carbocycles. The van der Waals surface area contributed by atoms with Crippen LogP contribution in [0.5, 0.6) is 0 Å². The summed E-state index contributed by atoms with van der Waals surface area (Å²) in [6.07, 6.45) is 3.29. The van der Waals surface area contributed by atoms with Crippen LogP contribution in [0.15, 0.2) is 22.7 Å². The SMILES string of the molecule is CCc1noc2cccc(N3CCCC3CN)c12. The van der Waals surface area contributed by atoms with Crippen LogP contribution in [0.1, 0.15) is 25.5 Å². The fourth-order valence-electron chi connectivity index (χ4n) is 2.91. The number of nitrogens with zero attached hydrogens (tertiary/aromatic N) is 2. The van der Waals surface area contributed by atoms with Gasteiger partial charge in [-0.15, -0.1) is 0 Å². The minimum absolute atomic E-state index is 0.454. The molecule has 18 heavy (non-hydrogen) atoms. The predicted octanol–water partition coefficient (Wildman–Crippen LogP) is 2.32. The van der Waals surface area contributed by atoms with E-state index in [1.54, 1.807) is 0 Å². The van der Waals surface area contributed by atoms with E-state index in [0.29, 0.717) is 12.6 Å². The maximum Gasteiger partial charge on any atom is 0.169 e. The summed E-state index contributed by atoms with van der Waals surface area (Å²) in [5, 5.41) is 5.33. The molecule has 1 fully saturated rings. The van der Waals surface area contributed by atoms with Crippen LogP contribution in [-0.4, -0.2) is 24.3 Å². The molecule has 0 saturated carbocycles. The molecule has 1 saturated heterocycles. The molecule has 2 N–H and O–H groups in total. The minimum atomic E-state index is 0.454. The summed E-state index contributed by atoms with van der Waals surface area (Å²) < 4.78 is 5.40. The Morgan fingerprint density at radius 1 is 1.50 bits per heavy atom. The Kier molecular flexibility index (Phi) is 2.96. The second-order valence-corrected chi connectivity index (χ2v) is 4.86. The highest BCUT2D eigenvalue weighted by Gasteiger charge is 2.26. The summed E-state index contributed by atoms with van der Waals surface area (Å²) in [5.41, 5.74) is 9.03. The highest BCUT2D eigenvalue weighted by Crippen LogP contribution is 2.34. The highest BCUT2D eigenvalue weighted by molar-refractivity contribution is 5.93. The Morgan fingerprint density at radius 2 is 2.39 bits per heavy atom. The fraction of sp³-hybridized carbons (Fsp3) is 0.500. The van der Waals surface area contributed by atoms with Crippen molar-refractivity contribution < 1.29 is 4.52 Å². The average Bonchev–Trinajstić information content (AvgIpc) is 3.04. The van der Waals surface area contributed by atoms with Gasteiger partial charge in [0.1, 0.15) is 0 Å². The molecule has 1 aliphatic rings. The summed E-state index contributed by atoms with van der Waals surface area (Å²) in [4.78, 5) is 2.42. The number of rotatable bonds is 3. The van der Waals surface area contributed by atoms with Gasteiger partial charge in [-0.2, -0.15) is 0 Å². The Balaban J connectivity index is 2.13. The van der Waals surface area contributed by atoms with E-state index in [9.17, 15) is 0 Å². The lowest BCUT2D eigenvalue weighted by Gasteiger charge is -2.26. The largest absolute Gasteiger partial charge is 0.367 e. The summed E-state index contributed by atoms with van der Waals surface area (Å²) in [6, 6.07) is 6.63. The average molecular weight is 245 g/mol. The standard InChI is InChI=1S/C14H19N3O/c1-2-11-14-12(6-3-7-13(14)18-16-11)17-8-4-5-10(17)9-15/h3,6-7,10H,2,4-5,8-9,15H2,1H3. The van der Waals surface area contributed by atoms with E-state index in [2.05, 4.69) is 23.0 Å². The first-order valence-electron chi connectivity index (χ1n) is 6.69. The van der Waals surface area contributed by atoms with E-state index in [4.69, 9.17) is 10.3 Å². The van der Waals surface area contributed by atoms with Crippen molar-refractivity contribution in [1.29, 1.82) is 0 Å². The molecule has 2 aromatic rings. The van der Waals surface area contributed by atoms with Gasteiger partial charge in [-0.1, -0.05) is 18.1 Å². The number of aromatic nitrogens is 1. The lowest BCUT2D eigenvalue weighted by Crippen LogP contribution is -2.35. The zero-order valence-corrected chi connectivity index (χ0v) is 10.7. The van der Waals surface area contributed by atoms with Crippen molar-refractivity contribution in [3.05, 3.63) is 23.9 Å². The smallest absolute Gasteiger partial charge is 0.169 e. The topological polar surface area (TPSA) is 55.3 Å². The number of hydrogen-bond acceptors (Lipinski definition) is 4. The maximum absolute atomic E-state index is 5.87. The van der Waals surface area contributed by atoms with Gasteiger partial charge in [0.15, 0.2) is 5.58 Å². The molecule has 1 aromatic heterocycles. The number of nitrogens with two attached hydrogens (primary N) is 1. The van der Waals surface area contributed by atoms with Crippen LogP contribution in [0, 0.1) is 0 Å². The van der Waals surface area contributed by atoms with E-state index in [-0.39, 0.29) is 0 Å². The quantitative estimate of drug-likeness (QED) is 0.901. The molecule has 0 bridgehead atoms. The van der Waals surface area contributed by atoms with Crippen LogP contribution in [0.2, 0.25) is 0 Å². The molecule has 3 rings (SSSR count). The zero-order valence-electron chi connectivity index (χ0n) is 10.7. The summed E-state index contributed by atoms with van der Waals surface area (Å²) in [5.74, 6) is 0. The predicted molar refractivity (Wildman–Crippen MR) is 72.8 cm³/mol. The van der Waals surface area contributed by atoms with Crippen LogP contribution in [-0.2, 0) is 6.42 Å². The number of hydrogen-bond donors (Lipinski definition) is 1. The van der Waals surface area contributed by atoms with Gasteiger partial charge in [0.05, 0.1) is 16.8 Å².